The van der Waals surface area contributed by atoms with Crippen molar-refractivity contribution in [2.75, 3.05) is 0 Å². The number of esters is 1. The Bertz CT molecular complexity index is 929. The molecule has 3 aromatic rings. The van der Waals surface area contributed by atoms with Gasteiger partial charge < -0.3 is 9.15 Å². The minimum Gasteiger partial charge on any atom is -0.456 e. The average molecular weight is 309 g/mol. The van der Waals surface area contributed by atoms with Crippen LogP contribution in [-0.4, -0.2) is 11.0 Å². The third kappa shape index (κ3) is 2.99. The molecule has 116 valence electrons. The van der Waals surface area contributed by atoms with Gasteiger partial charge in [-0.05, 0) is 37.1 Å². The summed E-state index contributed by atoms with van der Waals surface area (Å²) in [6.07, 6.45) is 1.52. The molecule has 2 heterocycles. The highest BCUT2D eigenvalue weighted by molar-refractivity contribution is 5.88. The van der Waals surface area contributed by atoms with Crippen LogP contribution < -0.4 is 5.63 Å². The zero-order chi connectivity index (χ0) is 16.4. The smallest absolute Gasteiger partial charge is 0.357 e. The molecule has 0 amide bonds. The van der Waals surface area contributed by atoms with E-state index in [1.807, 2.05) is 26.0 Å². The van der Waals surface area contributed by atoms with E-state index in [-0.39, 0.29) is 12.3 Å². The standard InChI is InChI=1S/C18H15NO4/c1-11-6-7-14-13(9-16(20)23-17(14)12(11)2)10-22-18(21)15-5-3-4-8-19-15/h3-9H,10H2,1-2H3. The van der Waals surface area contributed by atoms with E-state index in [4.69, 9.17) is 9.15 Å². The molecule has 0 saturated carbocycles. The van der Waals surface area contributed by atoms with Crippen LogP contribution in [0.25, 0.3) is 11.0 Å². The third-order valence-electron chi connectivity index (χ3n) is 3.75. The molecule has 2 aromatic heterocycles. The van der Waals surface area contributed by atoms with E-state index in [1.54, 1.807) is 18.2 Å². The summed E-state index contributed by atoms with van der Waals surface area (Å²) in [5, 5.41) is 0.765. The second kappa shape index (κ2) is 6.04. The molecule has 5 nitrogen and oxygen atoms in total. The van der Waals surface area contributed by atoms with Crippen LogP contribution in [0.2, 0.25) is 0 Å². The molecule has 0 bridgehead atoms. The van der Waals surface area contributed by atoms with Crippen molar-refractivity contribution in [1.29, 1.82) is 0 Å². The molecule has 0 unspecified atom stereocenters. The number of carbonyl (C=O) groups excluding carboxylic acids is 1. The molecule has 0 radical (unpaired) electrons. The van der Waals surface area contributed by atoms with Gasteiger partial charge in [-0.2, -0.15) is 0 Å². The fourth-order valence-electron chi connectivity index (χ4n) is 2.34. The zero-order valence-electron chi connectivity index (χ0n) is 12.8. The first kappa shape index (κ1) is 15.0. The number of hydrogen-bond donors (Lipinski definition) is 0. The minimum atomic E-state index is -0.532. The molecule has 0 aliphatic carbocycles. The second-order valence-electron chi connectivity index (χ2n) is 5.27. The number of aryl methyl sites for hydroxylation is 2. The quantitative estimate of drug-likeness (QED) is 0.549. The summed E-state index contributed by atoms with van der Waals surface area (Å²) in [7, 11) is 0. The zero-order valence-corrected chi connectivity index (χ0v) is 12.8. The minimum absolute atomic E-state index is 0.0139. The van der Waals surface area contributed by atoms with Crippen molar-refractivity contribution in [2.45, 2.75) is 20.5 Å². The van der Waals surface area contributed by atoms with Crippen LogP contribution in [0.3, 0.4) is 0 Å². The fraction of sp³-hybridized carbons (Fsp3) is 0.167. The Morgan fingerprint density at radius 3 is 2.78 bits per heavy atom. The lowest BCUT2D eigenvalue weighted by atomic mass is 10.0. The summed E-state index contributed by atoms with van der Waals surface area (Å²) in [6, 6.07) is 10.2. The maximum atomic E-state index is 12.0. The van der Waals surface area contributed by atoms with Crippen LogP contribution in [0.15, 0.2) is 51.8 Å². The number of aromatic nitrogens is 1. The summed E-state index contributed by atoms with van der Waals surface area (Å²) in [6.45, 7) is 3.83. The lowest BCUT2D eigenvalue weighted by molar-refractivity contribution is 0.0467. The van der Waals surface area contributed by atoms with Crippen LogP contribution in [0.4, 0.5) is 0 Å². The molecule has 0 aliphatic heterocycles. The number of nitrogens with zero attached hydrogens (tertiary/aromatic N) is 1. The summed E-state index contributed by atoms with van der Waals surface area (Å²) in [5.41, 5.74) is 2.84. The highest BCUT2D eigenvalue weighted by atomic mass is 16.5. The lowest BCUT2D eigenvalue weighted by Crippen LogP contribution is -2.09. The van der Waals surface area contributed by atoms with Gasteiger partial charge in [0.2, 0.25) is 0 Å². The van der Waals surface area contributed by atoms with Crippen molar-refractivity contribution in [3.05, 3.63) is 75.4 Å². The van der Waals surface area contributed by atoms with E-state index >= 15 is 0 Å². The summed E-state index contributed by atoms with van der Waals surface area (Å²) in [5.74, 6) is -0.532. The number of rotatable bonds is 3. The predicted molar refractivity (Wildman–Crippen MR) is 85.3 cm³/mol. The Kier molecular flexibility index (Phi) is 3.93. The van der Waals surface area contributed by atoms with Crippen molar-refractivity contribution >= 4 is 16.9 Å². The van der Waals surface area contributed by atoms with Crippen molar-refractivity contribution < 1.29 is 13.9 Å². The van der Waals surface area contributed by atoms with E-state index in [9.17, 15) is 9.59 Å². The first-order chi connectivity index (χ1) is 11.1. The second-order valence-corrected chi connectivity index (χ2v) is 5.27. The topological polar surface area (TPSA) is 69.4 Å². The van der Waals surface area contributed by atoms with E-state index in [0.717, 1.165) is 16.5 Å². The molecule has 3 rings (SSSR count). The molecule has 1 aromatic carbocycles. The highest BCUT2D eigenvalue weighted by Crippen LogP contribution is 2.23. The maximum Gasteiger partial charge on any atom is 0.357 e. The normalized spacial score (nSPS) is 10.7. The van der Waals surface area contributed by atoms with Gasteiger partial charge in [-0.15, -0.1) is 0 Å². The van der Waals surface area contributed by atoms with Gasteiger partial charge in [-0.1, -0.05) is 18.2 Å². The summed E-state index contributed by atoms with van der Waals surface area (Å²) >= 11 is 0. The fourth-order valence-corrected chi connectivity index (χ4v) is 2.34. The largest absolute Gasteiger partial charge is 0.456 e. The van der Waals surface area contributed by atoms with Crippen LogP contribution in [0.1, 0.15) is 27.2 Å². The Labute approximate surface area is 132 Å². The molecule has 23 heavy (non-hydrogen) atoms. The molecule has 0 aliphatic rings. The average Bonchev–Trinajstić information content (AvgIpc) is 2.57. The number of fused-ring (bicyclic) bond motifs is 1. The van der Waals surface area contributed by atoms with Crippen LogP contribution in [0.5, 0.6) is 0 Å². The molecule has 0 spiro atoms. The van der Waals surface area contributed by atoms with Crippen LogP contribution >= 0.6 is 0 Å². The van der Waals surface area contributed by atoms with E-state index < -0.39 is 11.6 Å². The Balaban J connectivity index is 1.93. The van der Waals surface area contributed by atoms with Gasteiger partial charge in [-0.3, -0.25) is 0 Å². The van der Waals surface area contributed by atoms with Crippen molar-refractivity contribution in [2.24, 2.45) is 0 Å². The van der Waals surface area contributed by atoms with E-state index in [1.165, 1.54) is 12.3 Å². The van der Waals surface area contributed by atoms with E-state index in [2.05, 4.69) is 4.98 Å². The molecular formula is C18H15NO4. The first-order valence-corrected chi connectivity index (χ1v) is 7.17. The third-order valence-corrected chi connectivity index (χ3v) is 3.75. The van der Waals surface area contributed by atoms with Gasteiger partial charge >= 0.3 is 11.6 Å². The Hall–Kier alpha value is -2.95. The SMILES string of the molecule is Cc1ccc2c(COC(=O)c3ccccn3)cc(=O)oc2c1C. The first-order valence-electron chi connectivity index (χ1n) is 7.17. The number of hydrogen-bond acceptors (Lipinski definition) is 5. The van der Waals surface area contributed by atoms with Gasteiger partial charge in [0.05, 0.1) is 0 Å². The molecule has 0 fully saturated rings. The molecule has 0 N–H and O–H groups in total. The number of benzene rings is 1. The Morgan fingerprint density at radius 1 is 1.22 bits per heavy atom. The summed E-state index contributed by atoms with van der Waals surface area (Å²) < 4.78 is 10.6. The van der Waals surface area contributed by atoms with Crippen LogP contribution in [-0.2, 0) is 11.3 Å². The molecular weight excluding hydrogens is 294 g/mol. The van der Waals surface area contributed by atoms with Crippen molar-refractivity contribution in [1.82, 2.24) is 4.98 Å². The summed E-state index contributed by atoms with van der Waals surface area (Å²) in [4.78, 5) is 27.7. The predicted octanol–water partition coefficient (Wildman–Crippen LogP) is 3.16. The van der Waals surface area contributed by atoms with Gasteiger partial charge in [-0.25, -0.2) is 14.6 Å². The lowest BCUT2D eigenvalue weighted by Gasteiger charge is -2.09. The van der Waals surface area contributed by atoms with Gasteiger partial charge in [0, 0.05) is 23.2 Å². The number of ether oxygens (including phenoxy) is 1. The molecule has 0 atom stereocenters. The number of carbonyl (C=O) groups is 1. The molecule has 5 heteroatoms. The van der Waals surface area contributed by atoms with Crippen molar-refractivity contribution in [3.63, 3.8) is 0 Å². The highest BCUT2D eigenvalue weighted by Gasteiger charge is 2.13. The van der Waals surface area contributed by atoms with Crippen molar-refractivity contribution in [3.8, 4) is 0 Å². The van der Waals surface area contributed by atoms with Gasteiger partial charge in [0.1, 0.15) is 17.9 Å². The number of pyridine rings is 1. The van der Waals surface area contributed by atoms with Gasteiger partial charge in [0.25, 0.3) is 0 Å². The van der Waals surface area contributed by atoms with E-state index in [0.29, 0.717) is 11.1 Å². The Morgan fingerprint density at radius 2 is 2.04 bits per heavy atom. The van der Waals surface area contributed by atoms with Gasteiger partial charge in [0.15, 0.2) is 0 Å². The maximum absolute atomic E-state index is 12.0. The van der Waals surface area contributed by atoms with Crippen LogP contribution in [0, 0.1) is 13.8 Å². The molecule has 0 saturated heterocycles. The monoisotopic (exact) mass is 309 g/mol.